The average molecular weight is 217 g/mol. The van der Waals surface area contributed by atoms with Crippen molar-refractivity contribution in [3.8, 4) is 0 Å². The summed E-state index contributed by atoms with van der Waals surface area (Å²) in [5.74, 6) is 1.90. The van der Waals surface area contributed by atoms with E-state index in [1.165, 1.54) is 24.1 Å². The molecule has 0 saturated heterocycles. The summed E-state index contributed by atoms with van der Waals surface area (Å²) in [5, 5.41) is 3.65. The number of aryl methyl sites for hydroxylation is 1. The molecule has 2 rings (SSSR count). The van der Waals surface area contributed by atoms with Crippen LogP contribution < -0.4 is 5.32 Å². The number of benzene rings is 1. The van der Waals surface area contributed by atoms with E-state index in [2.05, 4.69) is 50.4 Å². The summed E-state index contributed by atoms with van der Waals surface area (Å²) in [6, 6.07) is 9.29. The van der Waals surface area contributed by atoms with Gasteiger partial charge in [0.1, 0.15) is 0 Å². The Kier molecular flexibility index (Phi) is 3.65. The Hall–Kier alpha value is -0.820. The van der Waals surface area contributed by atoms with E-state index in [9.17, 15) is 0 Å². The van der Waals surface area contributed by atoms with E-state index < -0.39 is 0 Å². The molecule has 1 saturated carbocycles. The van der Waals surface area contributed by atoms with Gasteiger partial charge in [-0.15, -0.1) is 0 Å². The average Bonchev–Trinajstić information content (AvgIpc) is 2.95. The molecular weight excluding hydrogens is 194 g/mol. The van der Waals surface area contributed by atoms with Crippen LogP contribution in [0.4, 0.5) is 0 Å². The lowest BCUT2D eigenvalue weighted by atomic mass is 10.0. The highest BCUT2D eigenvalue weighted by Crippen LogP contribution is 2.36. The van der Waals surface area contributed by atoms with Crippen molar-refractivity contribution in [3.63, 3.8) is 0 Å². The van der Waals surface area contributed by atoms with E-state index in [0.717, 1.165) is 18.3 Å². The Morgan fingerprint density at radius 3 is 2.69 bits per heavy atom. The molecule has 0 aliphatic heterocycles. The predicted molar refractivity (Wildman–Crippen MR) is 69.6 cm³/mol. The van der Waals surface area contributed by atoms with Gasteiger partial charge in [0.15, 0.2) is 0 Å². The SMILES string of the molecule is Cc1ccccc1CC(C)NCC1CC1C. The van der Waals surface area contributed by atoms with E-state index >= 15 is 0 Å². The van der Waals surface area contributed by atoms with Gasteiger partial charge in [0.2, 0.25) is 0 Å². The monoisotopic (exact) mass is 217 g/mol. The largest absolute Gasteiger partial charge is 0.314 e. The second kappa shape index (κ2) is 5.01. The zero-order valence-corrected chi connectivity index (χ0v) is 10.7. The molecule has 3 unspecified atom stereocenters. The summed E-state index contributed by atoms with van der Waals surface area (Å²) in [5.41, 5.74) is 2.89. The summed E-state index contributed by atoms with van der Waals surface area (Å²) in [4.78, 5) is 0. The van der Waals surface area contributed by atoms with Gasteiger partial charge in [-0.1, -0.05) is 31.2 Å². The zero-order chi connectivity index (χ0) is 11.5. The minimum absolute atomic E-state index is 0.592. The Bertz CT molecular complexity index is 345. The van der Waals surface area contributed by atoms with Crippen molar-refractivity contribution >= 4 is 0 Å². The highest BCUT2D eigenvalue weighted by Gasteiger charge is 2.31. The third kappa shape index (κ3) is 3.08. The summed E-state index contributed by atoms with van der Waals surface area (Å²) >= 11 is 0. The molecule has 1 aliphatic rings. The van der Waals surface area contributed by atoms with Gasteiger partial charge in [-0.2, -0.15) is 0 Å². The molecule has 0 radical (unpaired) electrons. The molecule has 1 nitrogen and oxygen atoms in total. The van der Waals surface area contributed by atoms with Gasteiger partial charge in [-0.05, 0) is 56.2 Å². The number of rotatable bonds is 5. The van der Waals surface area contributed by atoms with Crippen LogP contribution in [-0.2, 0) is 6.42 Å². The molecule has 16 heavy (non-hydrogen) atoms. The lowest BCUT2D eigenvalue weighted by molar-refractivity contribution is 0.514. The van der Waals surface area contributed by atoms with Crippen molar-refractivity contribution in [2.45, 2.75) is 39.7 Å². The molecule has 1 aromatic rings. The molecule has 0 bridgehead atoms. The van der Waals surface area contributed by atoms with Crippen molar-refractivity contribution in [3.05, 3.63) is 35.4 Å². The second-order valence-electron chi connectivity index (χ2n) is 5.41. The van der Waals surface area contributed by atoms with E-state index in [1.807, 2.05) is 0 Å². The minimum Gasteiger partial charge on any atom is -0.314 e. The summed E-state index contributed by atoms with van der Waals surface area (Å²) < 4.78 is 0. The normalized spacial score (nSPS) is 25.4. The first-order valence-electron chi connectivity index (χ1n) is 6.44. The molecule has 0 spiro atoms. The van der Waals surface area contributed by atoms with E-state index in [4.69, 9.17) is 0 Å². The molecule has 1 heteroatoms. The Labute approximate surface area is 99.3 Å². The van der Waals surface area contributed by atoms with Crippen LogP contribution in [0.5, 0.6) is 0 Å². The van der Waals surface area contributed by atoms with Crippen LogP contribution in [0.25, 0.3) is 0 Å². The first-order valence-corrected chi connectivity index (χ1v) is 6.44. The first-order chi connectivity index (χ1) is 7.66. The third-order valence-electron chi connectivity index (χ3n) is 3.79. The van der Waals surface area contributed by atoms with Gasteiger partial charge in [0, 0.05) is 6.04 Å². The zero-order valence-electron chi connectivity index (χ0n) is 10.7. The Morgan fingerprint density at radius 1 is 1.38 bits per heavy atom. The van der Waals surface area contributed by atoms with Gasteiger partial charge in [0.05, 0.1) is 0 Å². The van der Waals surface area contributed by atoms with Crippen LogP contribution in [0, 0.1) is 18.8 Å². The van der Waals surface area contributed by atoms with Crippen LogP contribution in [-0.4, -0.2) is 12.6 Å². The molecule has 3 atom stereocenters. The fourth-order valence-electron chi connectivity index (χ4n) is 2.28. The lowest BCUT2D eigenvalue weighted by Gasteiger charge is -2.15. The van der Waals surface area contributed by atoms with Crippen LogP contribution >= 0.6 is 0 Å². The predicted octanol–water partition coefficient (Wildman–Crippen LogP) is 3.17. The van der Waals surface area contributed by atoms with Gasteiger partial charge in [0.25, 0.3) is 0 Å². The van der Waals surface area contributed by atoms with Crippen LogP contribution in [0.1, 0.15) is 31.4 Å². The Morgan fingerprint density at radius 2 is 2.06 bits per heavy atom. The van der Waals surface area contributed by atoms with E-state index in [0.29, 0.717) is 6.04 Å². The fourth-order valence-corrected chi connectivity index (χ4v) is 2.28. The standard InChI is InChI=1S/C15H23N/c1-11-6-4-5-7-14(11)9-13(3)16-10-15-8-12(15)2/h4-7,12-13,15-16H,8-10H2,1-3H3. The van der Waals surface area contributed by atoms with Crippen molar-refractivity contribution in [2.75, 3.05) is 6.54 Å². The van der Waals surface area contributed by atoms with Gasteiger partial charge < -0.3 is 5.32 Å². The number of hydrogen-bond acceptors (Lipinski definition) is 1. The van der Waals surface area contributed by atoms with Crippen LogP contribution in [0.2, 0.25) is 0 Å². The summed E-state index contributed by atoms with van der Waals surface area (Å²) in [6.45, 7) is 8.04. The highest BCUT2D eigenvalue weighted by molar-refractivity contribution is 5.26. The number of hydrogen-bond donors (Lipinski definition) is 1. The van der Waals surface area contributed by atoms with Gasteiger partial charge in [-0.3, -0.25) is 0 Å². The van der Waals surface area contributed by atoms with E-state index in [1.54, 1.807) is 0 Å². The quantitative estimate of drug-likeness (QED) is 0.799. The summed E-state index contributed by atoms with van der Waals surface area (Å²) in [6.07, 6.45) is 2.57. The molecule has 0 aromatic heterocycles. The first kappa shape index (κ1) is 11.7. The number of nitrogens with one attached hydrogen (secondary N) is 1. The smallest absolute Gasteiger partial charge is 0.00793 e. The molecular formula is C15H23N. The summed E-state index contributed by atoms with van der Waals surface area (Å²) in [7, 11) is 0. The molecule has 0 heterocycles. The minimum atomic E-state index is 0.592. The van der Waals surface area contributed by atoms with E-state index in [-0.39, 0.29) is 0 Å². The Balaban J connectivity index is 1.78. The molecule has 1 aliphatic carbocycles. The molecule has 1 aromatic carbocycles. The molecule has 1 N–H and O–H groups in total. The van der Waals surface area contributed by atoms with Crippen molar-refractivity contribution in [2.24, 2.45) is 11.8 Å². The maximum absolute atomic E-state index is 3.65. The van der Waals surface area contributed by atoms with Crippen LogP contribution in [0.15, 0.2) is 24.3 Å². The maximum Gasteiger partial charge on any atom is 0.00793 e. The topological polar surface area (TPSA) is 12.0 Å². The second-order valence-corrected chi connectivity index (χ2v) is 5.41. The van der Waals surface area contributed by atoms with Gasteiger partial charge >= 0.3 is 0 Å². The molecule has 0 amide bonds. The lowest BCUT2D eigenvalue weighted by Crippen LogP contribution is -2.30. The van der Waals surface area contributed by atoms with Crippen LogP contribution in [0.3, 0.4) is 0 Å². The molecule has 88 valence electrons. The van der Waals surface area contributed by atoms with Crippen molar-refractivity contribution < 1.29 is 0 Å². The maximum atomic E-state index is 3.65. The van der Waals surface area contributed by atoms with Crippen molar-refractivity contribution in [1.29, 1.82) is 0 Å². The highest BCUT2D eigenvalue weighted by atomic mass is 14.9. The molecule has 1 fully saturated rings. The fraction of sp³-hybridized carbons (Fsp3) is 0.600. The van der Waals surface area contributed by atoms with Gasteiger partial charge in [-0.25, -0.2) is 0 Å². The van der Waals surface area contributed by atoms with Crippen molar-refractivity contribution in [1.82, 2.24) is 5.32 Å². The third-order valence-corrected chi connectivity index (χ3v) is 3.79.